The fourth-order valence-corrected chi connectivity index (χ4v) is 7.10. The largest absolute Gasteiger partial charge is 0.494 e. The second-order valence-electron chi connectivity index (χ2n) is 13.2. The normalized spacial score (nSPS) is 11.9. The lowest BCUT2D eigenvalue weighted by molar-refractivity contribution is -0.118. The summed E-state index contributed by atoms with van der Waals surface area (Å²) in [5, 5.41) is 24.4. The van der Waals surface area contributed by atoms with Gasteiger partial charge in [0.25, 0.3) is 5.91 Å². The topological polar surface area (TPSA) is 96.5 Å². The lowest BCUT2D eigenvalue weighted by atomic mass is 9.97. The molecule has 49 heavy (non-hydrogen) atoms. The summed E-state index contributed by atoms with van der Waals surface area (Å²) in [5.74, 6) is -2.05. The van der Waals surface area contributed by atoms with Gasteiger partial charge in [-0.1, -0.05) is 144 Å². The lowest BCUT2D eigenvalue weighted by Crippen LogP contribution is -2.33. The Bertz CT molecular complexity index is 1620. The van der Waals surface area contributed by atoms with E-state index in [4.69, 9.17) is 11.6 Å². The zero-order valence-corrected chi connectivity index (χ0v) is 30.3. The van der Waals surface area contributed by atoms with Crippen LogP contribution in [0.5, 0.6) is 11.8 Å². The van der Waals surface area contributed by atoms with Gasteiger partial charge >= 0.3 is 0 Å². The average molecular weight is 688 g/mol. The van der Waals surface area contributed by atoms with Crippen molar-refractivity contribution in [2.45, 2.75) is 123 Å². The first-order chi connectivity index (χ1) is 23.8. The van der Waals surface area contributed by atoms with E-state index in [0.717, 1.165) is 46.5 Å². The number of ketones is 1. The number of rotatable bonds is 21. The van der Waals surface area contributed by atoms with Crippen LogP contribution in [0.4, 0.5) is 5.69 Å². The molecule has 0 radical (unpaired) electrons. The highest BCUT2D eigenvalue weighted by Crippen LogP contribution is 2.37. The van der Waals surface area contributed by atoms with E-state index in [0.29, 0.717) is 16.3 Å². The van der Waals surface area contributed by atoms with E-state index in [1.165, 1.54) is 89.2 Å². The third-order valence-electron chi connectivity index (χ3n) is 9.56. The highest BCUT2D eigenvalue weighted by atomic mass is 35.5. The number of carbonyl (C=O) groups is 2. The first-order valence-electron chi connectivity index (χ1n) is 18.2. The molecule has 0 spiro atoms. The molecule has 0 bridgehead atoms. The maximum atomic E-state index is 14.6. The Morgan fingerprint density at radius 1 is 0.714 bits per heavy atom. The Labute approximate surface area is 297 Å². The molecule has 4 aromatic rings. The third kappa shape index (κ3) is 10.0. The van der Waals surface area contributed by atoms with Crippen molar-refractivity contribution < 1.29 is 19.8 Å². The van der Waals surface area contributed by atoms with Crippen LogP contribution in [0.3, 0.4) is 0 Å². The molecule has 7 nitrogen and oxygen atoms in total. The van der Waals surface area contributed by atoms with E-state index < -0.39 is 29.5 Å². The monoisotopic (exact) mass is 687 g/mol. The Kier molecular flexibility index (Phi) is 14.9. The van der Waals surface area contributed by atoms with Crippen LogP contribution in [0, 0.1) is 13.8 Å². The number of nitrogens with one attached hydrogen (secondary N) is 1. The summed E-state index contributed by atoms with van der Waals surface area (Å²) in [4.78, 5) is 28.4. The van der Waals surface area contributed by atoms with Crippen molar-refractivity contribution in [2.24, 2.45) is 0 Å². The van der Waals surface area contributed by atoms with Gasteiger partial charge in [0.1, 0.15) is 0 Å². The van der Waals surface area contributed by atoms with Crippen LogP contribution >= 0.6 is 11.6 Å². The molecule has 3 N–H and O–H groups in total. The highest BCUT2D eigenvalue weighted by Gasteiger charge is 2.37. The van der Waals surface area contributed by atoms with E-state index in [1.54, 1.807) is 24.3 Å². The molecule has 0 fully saturated rings. The molecule has 0 aliphatic carbocycles. The number of para-hydroxylation sites is 1. The first kappa shape index (κ1) is 37.8. The van der Waals surface area contributed by atoms with Crippen molar-refractivity contribution in [1.82, 2.24) is 9.13 Å². The zero-order chi connectivity index (χ0) is 35.2. The molecular formula is C41H54ClN3O4. The molecule has 1 unspecified atom stereocenters. The summed E-state index contributed by atoms with van der Waals surface area (Å²) in [7, 11) is 0. The second-order valence-corrected chi connectivity index (χ2v) is 13.6. The number of aromatic hydroxyl groups is 2. The molecule has 0 aliphatic heterocycles. The molecule has 2 heterocycles. The SMILES string of the molecule is CCCCCCCCCCCCCCCCn1c(C)c(C(=O)C(C(=O)Nc2ccccc2Cl)n2c(O)ccc2O)c(C)c1-c1ccccc1. The van der Waals surface area contributed by atoms with Crippen molar-refractivity contribution in [3.63, 3.8) is 0 Å². The van der Waals surface area contributed by atoms with Crippen LogP contribution in [0.2, 0.25) is 5.02 Å². The molecular weight excluding hydrogens is 634 g/mol. The number of halogens is 1. The maximum Gasteiger partial charge on any atom is 0.255 e. The number of nitrogens with zero attached hydrogens (tertiary/aromatic N) is 2. The van der Waals surface area contributed by atoms with Gasteiger partial charge in [-0.15, -0.1) is 0 Å². The lowest BCUT2D eigenvalue weighted by Gasteiger charge is -2.20. The number of hydrogen-bond donors (Lipinski definition) is 3. The van der Waals surface area contributed by atoms with Crippen molar-refractivity contribution in [1.29, 1.82) is 0 Å². The molecule has 1 atom stereocenters. The van der Waals surface area contributed by atoms with Gasteiger partial charge in [0.05, 0.1) is 16.4 Å². The van der Waals surface area contributed by atoms with Crippen molar-refractivity contribution >= 4 is 29.0 Å². The average Bonchev–Trinajstić information content (AvgIpc) is 3.55. The Hall–Kier alpha value is -3.97. The maximum absolute atomic E-state index is 14.6. The number of Topliss-reactive ketones (excluding diaryl/α,β-unsaturated/α-hetero) is 1. The molecule has 2 aromatic heterocycles. The van der Waals surface area contributed by atoms with Gasteiger partial charge in [0, 0.05) is 29.9 Å². The van der Waals surface area contributed by atoms with Gasteiger partial charge in [0.2, 0.25) is 0 Å². The number of unbranched alkanes of at least 4 members (excludes halogenated alkanes) is 13. The number of anilines is 1. The molecule has 8 heteroatoms. The van der Waals surface area contributed by atoms with E-state index in [-0.39, 0.29) is 0 Å². The van der Waals surface area contributed by atoms with E-state index in [9.17, 15) is 19.8 Å². The standard InChI is InChI=1S/C41H54ClN3O4/c1-4-5-6-7-8-9-10-11-12-13-14-15-16-22-29-44-31(3)37(30(2)38(44)32-23-18-17-19-24-32)40(48)39(45-35(46)27-28-36(45)47)41(49)43-34-26-21-20-25-33(34)42/h17-21,23-28,39,46-47H,4-16,22,29H2,1-3H3,(H,43,49). The number of amides is 1. The fraction of sp³-hybridized carbons (Fsp3) is 0.463. The van der Waals surface area contributed by atoms with Gasteiger partial charge in [-0.2, -0.15) is 0 Å². The Morgan fingerprint density at radius 2 is 1.22 bits per heavy atom. The van der Waals surface area contributed by atoms with E-state index >= 15 is 0 Å². The molecule has 0 aliphatic rings. The van der Waals surface area contributed by atoms with Gasteiger partial charge in [-0.3, -0.25) is 14.2 Å². The molecule has 264 valence electrons. The van der Waals surface area contributed by atoms with Gasteiger partial charge < -0.3 is 20.1 Å². The number of benzene rings is 2. The molecule has 0 saturated heterocycles. The van der Waals surface area contributed by atoms with E-state index in [1.807, 2.05) is 44.2 Å². The smallest absolute Gasteiger partial charge is 0.255 e. The van der Waals surface area contributed by atoms with Crippen molar-refractivity contribution in [3.05, 3.63) is 88.6 Å². The van der Waals surface area contributed by atoms with Crippen LogP contribution in [0.15, 0.2) is 66.7 Å². The molecule has 0 saturated carbocycles. The fourth-order valence-electron chi connectivity index (χ4n) is 6.92. The summed E-state index contributed by atoms with van der Waals surface area (Å²) in [6.45, 7) is 6.82. The quantitative estimate of drug-likeness (QED) is 0.0461. The highest BCUT2D eigenvalue weighted by molar-refractivity contribution is 6.34. The summed E-state index contributed by atoms with van der Waals surface area (Å²) >= 11 is 6.32. The zero-order valence-electron chi connectivity index (χ0n) is 29.5. The summed E-state index contributed by atoms with van der Waals surface area (Å²) < 4.78 is 3.15. The third-order valence-corrected chi connectivity index (χ3v) is 9.89. The van der Waals surface area contributed by atoms with Gasteiger partial charge in [-0.25, -0.2) is 0 Å². The first-order valence-corrected chi connectivity index (χ1v) is 18.6. The van der Waals surface area contributed by atoms with Crippen molar-refractivity contribution in [2.75, 3.05) is 5.32 Å². The minimum Gasteiger partial charge on any atom is -0.494 e. The summed E-state index contributed by atoms with van der Waals surface area (Å²) in [6, 6.07) is 17.6. The minimum atomic E-state index is -1.58. The van der Waals surface area contributed by atoms with Crippen molar-refractivity contribution in [3.8, 4) is 23.0 Å². The summed E-state index contributed by atoms with van der Waals surface area (Å²) in [5.41, 5.74) is 4.14. The number of carbonyl (C=O) groups excluding carboxylic acids is 2. The predicted octanol–water partition coefficient (Wildman–Crippen LogP) is 11.2. The van der Waals surface area contributed by atoms with Crippen LogP contribution in [-0.4, -0.2) is 31.0 Å². The second kappa shape index (κ2) is 19.3. The van der Waals surface area contributed by atoms with Crippen LogP contribution in [0.1, 0.15) is 124 Å². The van der Waals surface area contributed by atoms with Crippen LogP contribution in [-0.2, 0) is 11.3 Å². The minimum absolute atomic E-state index is 0.307. The molecule has 1 amide bonds. The molecule has 4 rings (SSSR count). The molecule has 2 aromatic carbocycles. The Morgan fingerprint density at radius 3 is 1.78 bits per heavy atom. The predicted molar refractivity (Wildman–Crippen MR) is 201 cm³/mol. The number of aromatic nitrogens is 2. The van der Waals surface area contributed by atoms with Gasteiger partial charge in [-0.05, 0) is 43.5 Å². The van der Waals surface area contributed by atoms with E-state index in [2.05, 4.69) is 16.8 Å². The van der Waals surface area contributed by atoms with Gasteiger partial charge in [0.15, 0.2) is 23.6 Å². The Balaban J connectivity index is 1.48. The number of hydrogen-bond acceptors (Lipinski definition) is 4. The van der Waals surface area contributed by atoms with Crippen LogP contribution < -0.4 is 5.32 Å². The van der Waals surface area contributed by atoms with Crippen LogP contribution in [0.25, 0.3) is 11.3 Å². The summed E-state index contributed by atoms with van der Waals surface area (Å²) in [6.07, 6.45) is 18.0.